The Kier molecular flexibility index (Phi) is 6.61. The largest absolute Gasteiger partial charge is 0.497 e. The number of thiophene rings is 2. The summed E-state index contributed by atoms with van der Waals surface area (Å²) < 4.78 is 10.7. The molecule has 1 aliphatic rings. The molecule has 35 heavy (non-hydrogen) atoms. The molecule has 2 nitrogen and oxygen atoms in total. The number of aryl methyl sites for hydroxylation is 2. The summed E-state index contributed by atoms with van der Waals surface area (Å²) >= 11 is 3.84. The molecule has 0 atom stereocenters. The molecule has 2 heterocycles. The monoisotopic (exact) mass is 500 g/mol. The number of rotatable bonds is 6. The van der Waals surface area contributed by atoms with E-state index in [-0.39, 0.29) is 0 Å². The molecule has 0 aliphatic heterocycles. The second-order valence-corrected chi connectivity index (χ2v) is 11.7. The summed E-state index contributed by atoms with van der Waals surface area (Å²) in [5.41, 5.74) is 11.4. The lowest BCUT2D eigenvalue weighted by atomic mass is 9.91. The van der Waals surface area contributed by atoms with Crippen molar-refractivity contribution in [3.05, 3.63) is 80.5 Å². The first-order valence-electron chi connectivity index (χ1n) is 12.1. The molecule has 0 saturated heterocycles. The Balaban J connectivity index is 1.60. The Bertz CT molecular complexity index is 1290. The molecule has 0 bridgehead atoms. The van der Waals surface area contributed by atoms with Crippen LogP contribution in [0.3, 0.4) is 0 Å². The third-order valence-corrected chi connectivity index (χ3v) is 9.68. The molecule has 0 amide bonds. The van der Waals surface area contributed by atoms with Gasteiger partial charge in [-0.2, -0.15) is 0 Å². The van der Waals surface area contributed by atoms with Crippen molar-refractivity contribution in [2.24, 2.45) is 0 Å². The molecule has 1 aliphatic carbocycles. The second kappa shape index (κ2) is 9.67. The molecule has 2 aromatic heterocycles. The third-order valence-electron chi connectivity index (χ3n) is 7.17. The van der Waals surface area contributed by atoms with Crippen LogP contribution in [0.2, 0.25) is 0 Å². The average molecular weight is 501 g/mol. The first-order valence-corrected chi connectivity index (χ1v) is 13.8. The topological polar surface area (TPSA) is 18.5 Å². The molecule has 4 heteroatoms. The highest BCUT2D eigenvalue weighted by Gasteiger charge is 2.27. The summed E-state index contributed by atoms with van der Waals surface area (Å²) in [6, 6.07) is 17.0. The Morgan fingerprint density at radius 1 is 0.571 bits per heavy atom. The smallest absolute Gasteiger partial charge is 0.118 e. The number of benzene rings is 2. The van der Waals surface area contributed by atoms with Crippen molar-refractivity contribution < 1.29 is 9.47 Å². The van der Waals surface area contributed by atoms with E-state index >= 15 is 0 Å². The van der Waals surface area contributed by atoms with Gasteiger partial charge in [0.1, 0.15) is 11.5 Å². The van der Waals surface area contributed by atoms with Crippen LogP contribution < -0.4 is 9.47 Å². The number of ether oxygens (including phenoxy) is 2. The van der Waals surface area contributed by atoms with Crippen LogP contribution in [-0.4, -0.2) is 14.2 Å². The molecule has 5 rings (SSSR count). The number of hydrogen-bond donors (Lipinski definition) is 0. The first kappa shape index (κ1) is 23.9. The van der Waals surface area contributed by atoms with E-state index in [1.807, 2.05) is 22.7 Å². The minimum absolute atomic E-state index is 0.900. The fraction of sp³-hybridized carbons (Fsp3) is 0.290. The highest BCUT2D eigenvalue weighted by molar-refractivity contribution is 7.16. The highest BCUT2D eigenvalue weighted by Crippen LogP contribution is 2.50. The van der Waals surface area contributed by atoms with Gasteiger partial charge >= 0.3 is 0 Å². The van der Waals surface area contributed by atoms with E-state index in [0.29, 0.717) is 0 Å². The Labute approximate surface area is 216 Å². The molecule has 0 radical (unpaired) electrons. The fourth-order valence-corrected chi connectivity index (χ4v) is 7.91. The Morgan fingerprint density at radius 2 is 0.943 bits per heavy atom. The third kappa shape index (κ3) is 4.23. The number of methoxy groups -OCH3 is 2. The minimum Gasteiger partial charge on any atom is -0.497 e. The highest BCUT2D eigenvalue weighted by atomic mass is 32.1. The van der Waals surface area contributed by atoms with Crippen LogP contribution in [0, 0.1) is 27.7 Å². The standard InChI is InChI=1S/C31H32O2S2/c1-18-28(20(3)34-30(18)22-10-14-24(32-5)15-11-22)26-8-7-9-27(26)29-19(2)31(35-21(29)4)23-12-16-25(33-6)17-13-23/h10-17H,7-9H2,1-6H3. The second-order valence-electron chi connectivity index (χ2n) is 9.24. The minimum atomic E-state index is 0.900. The molecule has 0 fully saturated rings. The maximum Gasteiger partial charge on any atom is 0.118 e. The molecule has 180 valence electrons. The summed E-state index contributed by atoms with van der Waals surface area (Å²) in [7, 11) is 3.44. The summed E-state index contributed by atoms with van der Waals surface area (Å²) in [5.74, 6) is 1.80. The quantitative estimate of drug-likeness (QED) is 0.262. The van der Waals surface area contributed by atoms with E-state index in [9.17, 15) is 0 Å². The van der Waals surface area contributed by atoms with Crippen LogP contribution in [0.1, 0.15) is 51.3 Å². The maximum atomic E-state index is 5.37. The van der Waals surface area contributed by atoms with Gasteiger partial charge in [-0.05, 0) is 140 Å². The van der Waals surface area contributed by atoms with Crippen molar-refractivity contribution in [1.82, 2.24) is 0 Å². The van der Waals surface area contributed by atoms with Crippen LogP contribution in [-0.2, 0) is 0 Å². The maximum absolute atomic E-state index is 5.37. The van der Waals surface area contributed by atoms with Crippen molar-refractivity contribution in [3.63, 3.8) is 0 Å². The van der Waals surface area contributed by atoms with Crippen molar-refractivity contribution in [3.8, 4) is 32.4 Å². The van der Waals surface area contributed by atoms with E-state index in [2.05, 4.69) is 76.2 Å². The van der Waals surface area contributed by atoms with E-state index < -0.39 is 0 Å². The Morgan fingerprint density at radius 3 is 1.29 bits per heavy atom. The lowest BCUT2D eigenvalue weighted by molar-refractivity contribution is 0.415. The number of allylic oxidation sites excluding steroid dienone is 2. The molecule has 0 saturated carbocycles. The van der Waals surface area contributed by atoms with Crippen molar-refractivity contribution >= 4 is 33.8 Å². The fourth-order valence-electron chi connectivity index (χ4n) is 5.53. The Hall–Kier alpha value is -2.82. The zero-order valence-corrected chi connectivity index (χ0v) is 23.0. The summed E-state index contributed by atoms with van der Waals surface area (Å²) in [6.07, 6.45) is 3.54. The van der Waals surface area contributed by atoms with Gasteiger partial charge in [0, 0.05) is 19.5 Å². The van der Waals surface area contributed by atoms with Crippen LogP contribution in [0.15, 0.2) is 48.5 Å². The molecule has 0 N–H and O–H groups in total. The van der Waals surface area contributed by atoms with Gasteiger partial charge in [0.25, 0.3) is 0 Å². The van der Waals surface area contributed by atoms with Gasteiger partial charge in [-0.3, -0.25) is 0 Å². The van der Waals surface area contributed by atoms with Gasteiger partial charge in [-0.15, -0.1) is 22.7 Å². The zero-order chi connectivity index (χ0) is 24.7. The number of hydrogen-bond acceptors (Lipinski definition) is 4. The van der Waals surface area contributed by atoms with Gasteiger partial charge in [-0.25, -0.2) is 0 Å². The van der Waals surface area contributed by atoms with Crippen molar-refractivity contribution in [1.29, 1.82) is 0 Å². The van der Waals surface area contributed by atoms with Crippen LogP contribution in [0.5, 0.6) is 11.5 Å². The first-order chi connectivity index (χ1) is 16.9. The molecule has 2 aromatic carbocycles. The van der Waals surface area contributed by atoms with Gasteiger partial charge < -0.3 is 9.47 Å². The van der Waals surface area contributed by atoms with Gasteiger partial charge in [0.15, 0.2) is 0 Å². The summed E-state index contributed by atoms with van der Waals surface area (Å²) in [4.78, 5) is 5.58. The van der Waals surface area contributed by atoms with E-state index in [4.69, 9.17) is 9.47 Å². The van der Waals surface area contributed by atoms with Crippen LogP contribution in [0.25, 0.3) is 32.0 Å². The SMILES string of the molecule is COc1ccc(-c2sc(C)c(C3=C(c4c(C)sc(-c5ccc(OC)cc5)c4C)CCC3)c2C)cc1. The van der Waals surface area contributed by atoms with Gasteiger partial charge in [-0.1, -0.05) is 0 Å². The zero-order valence-electron chi connectivity index (χ0n) is 21.4. The van der Waals surface area contributed by atoms with Crippen molar-refractivity contribution in [2.75, 3.05) is 14.2 Å². The molecular weight excluding hydrogens is 468 g/mol. The molecule has 0 spiro atoms. The summed E-state index contributed by atoms with van der Waals surface area (Å²) in [6.45, 7) is 9.19. The predicted octanol–water partition coefficient (Wildman–Crippen LogP) is 9.49. The van der Waals surface area contributed by atoms with Crippen LogP contribution in [0.4, 0.5) is 0 Å². The molecule has 4 aromatic rings. The lowest BCUT2D eigenvalue weighted by Gasteiger charge is -2.12. The van der Waals surface area contributed by atoms with E-state index in [1.165, 1.54) is 59.3 Å². The van der Waals surface area contributed by atoms with Gasteiger partial charge in [0.2, 0.25) is 0 Å². The molecule has 0 unspecified atom stereocenters. The predicted molar refractivity (Wildman–Crippen MR) is 152 cm³/mol. The van der Waals surface area contributed by atoms with Crippen molar-refractivity contribution in [2.45, 2.75) is 47.0 Å². The normalized spacial score (nSPS) is 13.5. The van der Waals surface area contributed by atoms with Gasteiger partial charge in [0.05, 0.1) is 14.2 Å². The van der Waals surface area contributed by atoms with E-state index in [0.717, 1.165) is 24.3 Å². The molecular formula is C31H32O2S2. The summed E-state index contributed by atoms with van der Waals surface area (Å²) in [5, 5.41) is 0. The lowest BCUT2D eigenvalue weighted by Crippen LogP contribution is -1.92. The average Bonchev–Trinajstić information content (AvgIpc) is 3.54. The van der Waals surface area contributed by atoms with E-state index in [1.54, 1.807) is 25.4 Å². The van der Waals surface area contributed by atoms with Crippen LogP contribution >= 0.6 is 22.7 Å².